The number of furan rings is 1. The van der Waals surface area contributed by atoms with Crippen molar-refractivity contribution in [2.24, 2.45) is 0 Å². The number of carbonyl (C=O) groups excluding carboxylic acids is 1. The minimum atomic E-state index is -0.549. The van der Waals surface area contributed by atoms with Crippen molar-refractivity contribution < 1.29 is 18.9 Å². The van der Waals surface area contributed by atoms with Crippen LogP contribution in [-0.2, 0) is 4.79 Å². The van der Waals surface area contributed by atoms with E-state index in [0.717, 1.165) is 51.0 Å². The summed E-state index contributed by atoms with van der Waals surface area (Å²) in [5, 5.41) is 14.3. The Morgan fingerprint density at radius 1 is 1.36 bits per heavy atom. The second-order valence-electron chi connectivity index (χ2n) is 6.32. The van der Waals surface area contributed by atoms with Gasteiger partial charge in [-0.05, 0) is 56.2 Å². The van der Waals surface area contributed by atoms with Crippen LogP contribution in [0.15, 0.2) is 22.8 Å². The number of thiazole rings is 1. The van der Waals surface area contributed by atoms with Crippen LogP contribution in [0.2, 0.25) is 0 Å². The Balaban J connectivity index is 1.96. The molecule has 1 amide bonds. The van der Waals surface area contributed by atoms with Gasteiger partial charge in [-0.25, -0.2) is 4.98 Å². The Hall–Kier alpha value is -3.20. The predicted molar refractivity (Wildman–Crippen MR) is 108 cm³/mol. The van der Waals surface area contributed by atoms with Crippen LogP contribution in [-0.4, -0.2) is 22.9 Å². The van der Waals surface area contributed by atoms with Crippen molar-refractivity contribution in [2.75, 3.05) is 12.4 Å². The van der Waals surface area contributed by atoms with Crippen molar-refractivity contribution in [3.63, 3.8) is 0 Å². The molecule has 0 radical (unpaired) electrons. The van der Waals surface area contributed by atoms with Crippen LogP contribution in [0.3, 0.4) is 0 Å². The highest BCUT2D eigenvalue weighted by Crippen LogP contribution is 2.38. The number of methoxy groups -OCH3 is 1. The number of aromatic nitrogens is 1. The second kappa shape index (κ2) is 7.43. The first kappa shape index (κ1) is 19.6. The summed E-state index contributed by atoms with van der Waals surface area (Å²) in [4.78, 5) is 26.4. The van der Waals surface area contributed by atoms with Gasteiger partial charge in [-0.3, -0.25) is 20.2 Å². The third-order valence-electron chi connectivity index (χ3n) is 4.53. The van der Waals surface area contributed by atoms with Gasteiger partial charge >= 0.3 is 5.00 Å². The molecule has 146 valence electrons. The van der Waals surface area contributed by atoms with Gasteiger partial charge in [-0.15, -0.1) is 0 Å². The van der Waals surface area contributed by atoms with E-state index in [9.17, 15) is 14.9 Å². The fourth-order valence-electron chi connectivity index (χ4n) is 2.99. The molecule has 3 rings (SSSR count). The smallest absolute Gasteiger partial charge is 0.345 e. The summed E-state index contributed by atoms with van der Waals surface area (Å²) < 4.78 is 11.4. The topological polar surface area (TPSA) is 108 Å². The van der Waals surface area contributed by atoms with E-state index in [0.29, 0.717) is 11.3 Å². The number of anilines is 1. The SMILES string of the molecule is COc1c(/C(C)=C/C(=O)Nc2ncc([N+](=O)[O-])s2)cc2c(C)c(C)oc2c1C. The summed E-state index contributed by atoms with van der Waals surface area (Å²) in [5.41, 5.74) is 4.12. The molecule has 0 aliphatic heterocycles. The Kier molecular flexibility index (Phi) is 5.19. The number of amides is 1. The lowest BCUT2D eigenvalue weighted by atomic mass is 9.98. The van der Waals surface area contributed by atoms with Gasteiger partial charge in [0, 0.05) is 22.6 Å². The molecule has 8 nitrogen and oxygen atoms in total. The largest absolute Gasteiger partial charge is 0.496 e. The Labute approximate surface area is 165 Å². The normalized spacial score (nSPS) is 11.7. The van der Waals surface area contributed by atoms with E-state index in [4.69, 9.17) is 9.15 Å². The zero-order chi connectivity index (χ0) is 20.6. The van der Waals surface area contributed by atoms with Crippen LogP contribution >= 0.6 is 11.3 Å². The van der Waals surface area contributed by atoms with Gasteiger partial charge in [0.2, 0.25) is 5.91 Å². The van der Waals surface area contributed by atoms with E-state index in [-0.39, 0.29) is 10.1 Å². The highest BCUT2D eigenvalue weighted by atomic mass is 32.1. The van der Waals surface area contributed by atoms with Gasteiger partial charge < -0.3 is 9.15 Å². The van der Waals surface area contributed by atoms with Crippen LogP contribution < -0.4 is 10.1 Å². The molecule has 0 aliphatic rings. The Morgan fingerprint density at radius 3 is 2.68 bits per heavy atom. The first-order valence-corrected chi connectivity index (χ1v) is 9.21. The molecule has 0 fully saturated rings. The Morgan fingerprint density at radius 2 is 2.07 bits per heavy atom. The van der Waals surface area contributed by atoms with Crippen molar-refractivity contribution in [1.82, 2.24) is 4.98 Å². The molecule has 9 heteroatoms. The predicted octanol–water partition coefficient (Wildman–Crippen LogP) is 4.77. The number of ether oxygens (including phenoxy) is 1. The first-order chi connectivity index (χ1) is 13.2. The van der Waals surface area contributed by atoms with Crippen LogP contribution in [0.1, 0.15) is 29.4 Å². The monoisotopic (exact) mass is 401 g/mol. The summed E-state index contributed by atoms with van der Waals surface area (Å²) >= 11 is 0.800. The van der Waals surface area contributed by atoms with Gasteiger partial charge in [-0.1, -0.05) is 0 Å². The van der Waals surface area contributed by atoms with E-state index in [1.807, 2.05) is 26.8 Å². The number of hydrogen-bond donors (Lipinski definition) is 1. The lowest BCUT2D eigenvalue weighted by molar-refractivity contribution is -0.380. The molecule has 3 aromatic rings. The van der Waals surface area contributed by atoms with E-state index in [2.05, 4.69) is 10.3 Å². The van der Waals surface area contributed by atoms with E-state index >= 15 is 0 Å². The van der Waals surface area contributed by atoms with E-state index in [1.165, 1.54) is 6.08 Å². The standard InChI is InChI=1S/C19H19N3O5S/c1-9(6-15(23)21-19-20-8-16(28-19)22(24)25)13-7-14-10(2)12(4)27-18(14)11(3)17(13)26-5/h6-8H,1-5H3,(H,20,21,23)/b9-6+. The van der Waals surface area contributed by atoms with Crippen molar-refractivity contribution in [1.29, 1.82) is 0 Å². The van der Waals surface area contributed by atoms with Crippen LogP contribution in [0.25, 0.3) is 16.5 Å². The van der Waals surface area contributed by atoms with Crippen LogP contribution in [0, 0.1) is 30.9 Å². The van der Waals surface area contributed by atoms with Crippen LogP contribution in [0.5, 0.6) is 5.75 Å². The highest BCUT2D eigenvalue weighted by Gasteiger charge is 2.19. The summed E-state index contributed by atoms with van der Waals surface area (Å²) in [5.74, 6) is 1.04. The van der Waals surface area contributed by atoms with Crippen LogP contribution in [0.4, 0.5) is 10.1 Å². The number of hydrogen-bond acceptors (Lipinski definition) is 7. The molecule has 1 N–H and O–H groups in total. The van der Waals surface area contributed by atoms with Crippen molar-refractivity contribution >= 4 is 43.9 Å². The molecular weight excluding hydrogens is 382 g/mol. The number of rotatable bonds is 5. The van der Waals surface area contributed by atoms with E-state index < -0.39 is 10.8 Å². The number of allylic oxidation sites excluding steroid dienone is 1. The molecule has 2 aromatic heterocycles. The highest BCUT2D eigenvalue weighted by molar-refractivity contribution is 7.18. The fourth-order valence-corrected chi connectivity index (χ4v) is 3.63. The number of nitrogens with one attached hydrogen (secondary N) is 1. The van der Waals surface area contributed by atoms with Gasteiger partial charge in [0.05, 0.1) is 12.0 Å². The maximum atomic E-state index is 12.3. The fraction of sp³-hybridized carbons (Fsp3) is 0.263. The Bertz CT molecular complexity index is 1130. The summed E-state index contributed by atoms with van der Waals surface area (Å²) in [6.07, 6.45) is 2.53. The second-order valence-corrected chi connectivity index (χ2v) is 7.33. The first-order valence-electron chi connectivity index (χ1n) is 8.40. The van der Waals surface area contributed by atoms with E-state index in [1.54, 1.807) is 14.0 Å². The number of fused-ring (bicyclic) bond motifs is 1. The molecule has 0 aliphatic carbocycles. The zero-order valence-corrected chi connectivity index (χ0v) is 16.9. The van der Waals surface area contributed by atoms with Crippen molar-refractivity contribution in [2.45, 2.75) is 27.7 Å². The van der Waals surface area contributed by atoms with Gasteiger partial charge in [-0.2, -0.15) is 0 Å². The molecule has 0 spiro atoms. The molecule has 0 bridgehead atoms. The zero-order valence-electron chi connectivity index (χ0n) is 16.1. The van der Waals surface area contributed by atoms with Gasteiger partial charge in [0.25, 0.3) is 0 Å². The lowest BCUT2D eigenvalue weighted by Gasteiger charge is -2.13. The minimum Gasteiger partial charge on any atom is -0.496 e. The lowest BCUT2D eigenvalue weighted by Crippen LogP contribution is -2.08. The van der Waals surface area contributed by atoms with Gasteiger partial charge in [0.1, 0.15) is 23.3 Å². The van der Waals surface area contributed by atoms with Crippen molar-refractivity contribution in [3.05, 3.63) is 50.9 Å². The minimum absolute atomic E-state index is 0.135. The van der Waals surface area contributed by atoms with Crippen molar-refractivity contribution in [3.8, 4) is 5.75 Å². The molecule has 0 saturated carbocycles. The maximum Gasteiger partial charge on any atom is 0.345 e. The quantitative estimate of drug-likeness (QED) is 0.375. The summed E-state index contributed by atoms with van der Waals surface area (Å²) in [6, 6.07) is 1.94. The maximum absolute atomic E-state index is 12.3. The van der Waals surface area contributed by atoms with Gasteiger partial charge in [0.15, 0.2) is 5.13 Å². The third-order valence-corrected chi connectivity index (χ3v) is 5.39. The molecule has 0 unspecified atom stereocenters. The molecule has 0 atom stereocenters. The summed E-state index contributed by atoms with van der Waals surface area (Å²) in [6.45, 7) is 7.60. The molecular formula is C19H19N3O5S. The molecule has 1 aromatic carbocycles. The molecule has 0 saturated heterocycles. The number of nitrogens with zero attached hydrogens (tertiary/aromatic N) is 2. The number of nitro groups is 1. The number of carbonyl (C=O) groups is 1. The molecule has 28 heavy (non-hydrogen) atoms. The average molecular weight is 401 g/mol. The third kappa shape index (κ3) is 3.48. The summed E-state index contributed by atoms with van der Waals surface area (Å²) in [7, 11) is 1.57. The molecule has 2 heterocycles. The number of benzene rings is 1. The average Bonchev–Trinajstić information content (AvgIpc) is 3.21. The number of aryl methyl sites for hydroxylation is 3.